The van der Waals surface area contributed by atoms with Crippen molar-refractivity contribution in [3.05, 3.63) is 119 Å². The summed E-state index contributed by atoms with van der Waals surface area (Å²) in [4.78, 5) is 28.7. The maximum absolute atomic E-state index is 12.8. The predicted molar refractivity (Wildman–Crippen MR) is 143 cm³/mol. The molecular formula is C30H31N3O4. The van der Waals surface area contributed by atoms with Crippen LogP contribution < -0.4 is 5.32 Å². The van der Waals surface area contributed by atoms with Crippen LogP contribution in [-0.4, -0.2) is 26.6 Å². The van der Waals surface area contributed by atoms with Gasteiger partial charge in [0.2, 0.25) is 0 Å². The molecule has 0 saturated carbocycles. The highest BCUT2D eigenvalue weighted by atomic mass is 16.5. The van der Waals surface area contributed by atoms with Crippen LogP contribution in [0.4, 0.5) is 5.69 Å². The van der Waals surface area contributed by atoms with Crippen LogP contribution in [0.5, 0.6) is 0 Å². The van der Waals surface area contributed by atoms with Crippen molar-refractivity contribution < 1.29 is 19.4 Å². The minimum absolute atomic E-state index is 0.211. The summed E-state index contributed by atoms with van der Waals surface area (Å²) in [5.41, 5.74) is 4.32. The zero-order chi connectivity index (χ0) is 26.0. The Kier molecular flexibility index (Phi) is 8.70. The van der Waals surface area contributed by atoms with Gasteiger partial charge in [0.1, 0.15) is 12.4 Å². The van der Waals surface area contributed by atoms with Gasteiger partial charge in [0.15, 0.2) is 0 Å². The molecule has 0 unspecified atom stereocenters. The number of esters is 1. The molecule has 0 spiro atoms. The molecule has 0 bridgehead atoms. The number of aryl methyl sites for hydroxylation is 1. The molecule has 0 aliphatic heterocycles. The first kappa shape index (κ1) is 25.7. The lowest BCUT2D eigenvalue weighted by atomic mass is 10.1. The third kappa shape index (κ3) is 6.85. The second-order valence-electron chi connectivity index (χ2n) is 8.82. The van der Waals surface area contributed by atoms with Gasteiger partial charge in [0.05, 0.1) is 29.6 Å². The van der Waals surface area contributed by atoms with Crippen molar-refractivity contribution in [1.82, 2.24) is 9.55 Å². The minimum atomic E-state index is -0.941. The van der Waals surface area contributed by atoms with Gasteiger partial charge in [-0.15, -0.1) is 0 Å². The number of para-hydroxylation sites is 1. The first-order valence-corrected chi connectivity index (χ1v) is 12.4. The monoisotopic (exact) mass is 497 g/mol. The predicted octanol–water partition coefficient (Wildman–Crippen LogP) is 5.94. The molecule has 7 nitrogen and oxygen atoms in total. The molecule has 190 valence electrons. The van der Waals surface area contributed by atoms with E-state index >= 15 is 0 Å². The second-order valence-corrected chi connectivity index (χ2v) is 8.82. The summed E-state index contributed by atoms with van der Waals surface area (Å²) in [6, 6.07) is 23.8. The largest absolute Gasteiger partial charge is 0.478 e. The number of ether oxygens (including phenoxy) is 1. The van der Waals surface area contributed by atoms with E-state index in [1.807, 2.05) is 66.9 Å². The zero-order valence-corrected chi connectivity index (χ0v) is 20.9. The minimum Gasteiger partial charge on any atom is -0.478 e. The maximum Gasteiger partial charge on any atom is 0.340 e. The molecule has 7 heteroatoms. The van der Waals surface area contributed by atoms with Crippen molar-refractivity contribution in [3.63, 3.8) is 0 Å². The quantitative estimate of drug-likeness (QED) is 0.235. The third-order valence-electron chi connectivity index (χ3n) is 6.14. The summed E-state index contributed by atoms with van der Waals surface area (Å²) in [6.07, 6.45) is 4.80. The topological polar surface area (TPSA) is 93.5 Å². The van der Waals surface area contributed by atoms with Crippen molar-refractivity contribution in [3.8, 4) is 0 Å². The van der Waals surface area contributed by atoms with Gasteiger partial charge in [-0.2, -0.15) is 0 Å². The number of anilines is 1. The van der Waals surface area contributed by atoms with E-state index in [1.54, 1.807) is 18.2 Å². The van der Waals surface area contributed by atoms with Crippen molar-refractivity contribution in [2.45, 2.75) is 45.9 Å². The lowest BCUT2D eigenvalue weighted by molar-refractivity contribution is 0.0473. The molecule has 4 rings (SSSR count). The fourth-order valence-corrected chi connectivity index (χ4v) is 4.06. The Bertz CT molecular complexity index is 1330. The summed E-state index contributed by atoms with van der Waals surface area (Å²) in [5.74, 6) is -0.345. The molecule has 1 aromatic heterocycles. The first-order valence-electron chi connectivity index (χ1n) is 12.4. The van der Waals surface area contributed by atoms with Gasteiger partial charge < -0.3 is 19.7 Å². The molecule has 0 aliphatic rings. The molecule has 0 aliphatic carbocycles. The molecule has 1 heterocycles. The molecule has 0 fully saturated rings. The number of rotatable bonds is 12. The summed E-state index contributed by atoms with van der Waals surface area (Å²) in [6.45, 7) is 3.41. The third-order valence-corrected chi connectivity index (χ3v) is 6.14. The van der Waals surface area contributed by atoms with Crippen LogP contribution in [0.15, 0.2) is 85.1 Å². The molecule has 2 N–H and O–H groups in total. The Labute approximate surface area is 216 Å². The maximum atomic E-state index is 12.8. The van der Waals surface area contributed by atoms with Gasteiger partial charge in [-0.1, -0.05) is 67.9 Å². The number of nitrogens with zero attached hydrogens (tertiary/aromatic N) is 2. The first-order chi connectivity index (χ1) is 18.0. The van der Waals surface area contributed by atoms with Gasteiger partial charge in [-0.25, -0.2) is 14.6 Å². The number of nitrogens with one attached hydrogen (secondary N) is 1. The Morgan fingerprint density at radius 1 is 0.946 bits per heavy atom. The fourth-order valence-electron chi connectivity index (χ4n) is 4.06. The van der Waals surface area contributed by atoms with E-state index in [9.17, 15) is 14.7 Å². The Hall–Kier alpha value is -4.39. The molecule has 4 aromatic rings. The molecule has 0 radical (unpaired) electrons. The number of aromatic carboxylic acids is 1. The number of carboxylic acid groups (broad SMARTS) is 1. The zero-order valence-electron chi connectivity index (χ0n) is 20.9. The van der Waals surface area contributed by atoms with Gasteiger partial charge in [0, 0.05) is 18.7 Å². The van der Waals surface area contributed by atoms with E-state index in [1.165, 1.54) is 0 Å². The van der Waals surface area contributed by atoms with E-state index in [0.29, 0.717) is 24.3 Å². The molecule has 0 atom stereocenters. The number of carbonyl (C=O) groups is 2. The highest BCUT2D eigenvalue weighted by Crippen LogP contribution is 2.20. The van der Waals surface area contributed by atoms with Crippen LogP contribution in [-0.2, 0) is 30.9 Å². The van der Waals surface area contributed by atoms with E-state index < -0.39 is 5.97 Å². The normalized spacial score (nSPS) is 10.7. The van der Waals surface area contributed by atoms with Crippen molar-refractivity contribution in [2.24, 2.45) is 0 Å². The lowest BCUT2D eigenvalue weighted by Crippen LogP contribution is -2.14. The average Bonchev–Trinajstić information content (AvgIpc) is 3.31. The van der Waals surface area contributed by atoms with Gasteiger partial charge in [-0.3, -0.25) is 0 Å². The highest BCUT2D eigenvalue weighted by molar-refractivity contribution is 5.95. The molecule has 3 aromatic carbocycles. The average molecular weight is 498 g/mol. The van der Waals surface area contributed by atoms with Crippen LogP contribution >= 0.6 is 0 Å². The lowest BCUT2D eigenvalue weighted by Gasteiger charge is -2.15. The molecule has 0 amide bonds. The van der Waals surface area contributed by atoms with Crippen LogP contribution in [0.25, 0.3) is 0 Å². The number of hydrogen-bond donors (Lipinski definition) is 2. The summed E-state index contributed by atoms with van der Waals surface area (Å²) < 4.78 is 7.71. The SMILES string of the molecule is CCCCc1ncc(CNc2ccccc2C(=O)OCc2ccccc2)n1Cc1ccc(C(=O)O)cc1. The van der Waals surface area contributed by atoms with Crippen molar-refractivity contribution >= 4 is 17.6 Å². The number of unbranched alkanes of at least 4 members (excludes halogenated alkanes) is 1. The summed E-state index contributed by atoms with van der Waals surface area (Å²) in [7, 11) is 0. The van der Waals surface area contributed by atoms with E-state index in [-0.39, 0.29) is 18.1 Å². The number of benzene rings is 3. The number of hydrogen-bond acceptors (Lipinski definition) is 5. The van der Waals surface area contributed by atoms with E-state index in [4.69, 9.17) is 4.74 Å². The van der Waals surface area contributed by atoms with Crippen LogP contribution in [0.1, 0.15) is 63.1 Å². The van der Waals surface area contributed by atoms with Crippen LogP contribution in [0, 0.1) is 0 Å². The smallest absolute Gasteiger partial charge is 0.340 e. The standard InChI is InChI=1S/C30H31N3O4/c1-2-3-13-28-32-19-25(33(28)20-22-14-16-24(17-15-22)29(34)35)18-31-27-12-8-7-11-26(27)30(36)37-21-23-9-5-4-6-10-23/h4-12,14-17,19,31H,2-3,13,18,20-21H2,1H3,(H,34,35). The van der Waals surface area contributed by atoms with Crippen molar-refractivity contribution in [1.29, 1.82) is 0 Å². The fraction of sp³-hybridized carbons (Fsp3) is 0.233. The van der Waals surface area contributed by atoms with Crippen LogP contribution in [0.2, 0.25) is 0 Å². The van der Waals surface area contributed by atoms with Gasteiger partial charge in [-0.05, 0) is 41.8 Å². The number of imidazole rings is 1. The van der Waals surface area contributed by atoms with Crippen LogP contribution in [0.3, 0.4) is 0 Å². The summed E-state index contributed by atoms with van der Waals surface area (Å²) in [5, 5.41) is 12.6. The van der Waals surface area contributed by atoms with E-state index in [2.05, 4.69) is 21.8 Å². The Morgan fingerprint density at radius 3 is 2.41 bits per heavy atom. The van der Waals surface area contributed by atoms with Gasteiger partial charge in [0.25, 0.3) is 0 Å². The van der Waals surface area contributed by atoms with E-state index in [0.717, 1.165) is 41.9 Å². The summed E-state index contributed by atoms with van der Waals surface area (Å²) >= 11 is 0. The number of carboxylic acids is 1. The highest BCUT2D eigenvalue weighted by Gasteiger charge is 2.15. The Morgan fingerprint density at radius 2 is 1.68 bits per heavy atom. The molecular weight excluding hydrogens is 466 g/mol. The second kappa shape index (κ2) is 12.5. The molecule has 37 heavy (non-hydrogen) atoms. The molecule has 0 saturated heterocycles. The Balaban J connectivity index is 1.49. The number of carbonyl (C=O) groups excluding carboxylic acids is 1. The van der Waals surface area contributed by atoms with Gasteiger partial charge >= 0.3 is 11.9 Å². The van der Waals surface area contributed by atoms with Crippen molar-refractivity contribution in [2.75, 3.05) is 5.32 Å². The number of aromatic nitrogens is 2.